The van der Waals surface area contributed by atoms with Crippen molar-refractivity contribution < 1.29 is 9.18 Å². The van der Waals surface area contributed by atoms with Crippen LogP contribution in [0.5, 0.6) is 0 Å². The molecule has 2 aromatic carbocycles. The molecule has 0 unspecified atom stereocenters. The van der Waals surface area contributed by atoms with Gasteiger partial charge < -0.3 is 10.6 Å². The summed E-state index contributed by atoms with van der Waals surface area (Å²) in [6.45, 7) is 1.17. The topological polar surface area (TPSA) is 84.2 Å². The van der Waals surface area contributed by atoms with Gasteiger partial charge in [0, 0.05) is 25.1 Å². The lowest BCUT2D eigenvalue weighted by Gasteiger charge is -2.07. The minimum atomic E-state index is -0.373. The summed E-state index contributed by atoms with van der Waals surface area (Å²) in [7, 11) is 0. The molecule has 0 bridgehead atoms. The van der Waals surface area contributed by atoms with Gasteiger partial charge in [0.1, 0.15) is 11.6 Å². The highest BCUT2D eigenvalue weighted by atomic mass is 19.1. The Labute approximate surface area is 179 Å². The quantitative estimate of drug-likeness (QED) is 0.408. The fourth-order valence-corrected chi connectivity index (χ4v) is 3.23. The van der Waals surface area contributed by atoms with Crippen molar-refractivity contribution in [2.75, 3.05) is 18.4 Å². The molecule has 0 saturated heterocycles. The van der Waals surface area contributed by atoms with Gasteiger partial charge in [0.05, 0.1) is 0 Å². The van der Waals surface area contributed by atoms with E-state index >= 15 is 0 Å². The maximum Gasteiger partial charge on any atom is 0.251 e. The average molecular weight is 418 g/mol. The van der Waals surface area contributed by atoms with E-state index in [4.69, 9.17) is 0 Å². The molecule has 2 N–H and O–H groups in total. The van der Waals surface area contributed by atoms with Crippen molar-refractivity contribution in [1.82, 2.24) is 25.1 Å². The van der Waals surface area contributed by atoms with Gasteiger partial charge in [-0.05, 0) is 54.8 Å². The number of nitrogens with one attached hydrogen (secondary N) is 2. The summed E-state index contributed by atoms with van der Waals surface area (Å²) in [6, 6.07) is 19.5. The van der Waals surface area contributed by atoms with E-state index in [0.29, 0.717) is 30.0 Å². The monoisotopic (exact) mass is 418 g/mol. The average Bonchev–Trinajstić information content (AvgIpc) is 3.20. The molecule has 0 atom stereocenters. The molecule has 4 aromatic rings. The van der Waals surface area contributed by atoms with Crippen molar-refractivity contribution in [2.45, 2.75) is 19.3 Å². The van der Waals surface area contributed by atoms with Crippen LogP contribution in [-0.2, 0) is 12.8 Å². The summed E-state index contributed by atoms with van der Waals surface area (Å²) >= 11 is 0. The van der Waals surface area contributed by atoms with Crippen molar-refractivity contribution in [3.05, 3.63) is 89.5 Å². The molecule has 4 rings (SSSR count). The highest BCUT2D eigenvalue weighted by molar-refractivity contribution is 5.94. The lowest BCUT2D eigenvalue weighted by molar-refractivity contribution is 0.0954. The van der Waals surface area contributed by atoms with E-state index < -0.39 is 0 Å². The number of benzene rings is 2. The number of hydrogen-bond acceptors (Lipinski definition) is 5. The third-order valence-corrected chi connectivity index (χ3v) is 4.86. The van der Waals surface area contributed by atoms with E-state index in [1.807, 2.05) is 30.3 Å². The third kappa shape index (κ3) is 5.42. The van der Waals surface area contributed by atoms with Crippen molar-refractivity contribution in [1.29, 1.82) is 0 Å². The number of halogens is 1. The lowest BCUT2D eigenvalue weighted by Crippen LogP contribution is -2.26. The molecule has 0 saturated carbocycles. The van der Waals surface area contributed by atoms with Crippen LogP contribution in [0, 0.1) is 5.82 Å². The molecule has 0 aliphatic rings. The first-order valence-electron chi connectivity index (χ1n) is 10.2. The number of anilines is 1. The number of rotatable bonds is 9. The summed E-state index contributed by atoms with van der Waals surface area (Å²) in [5.41, 5.74) is 2.37. The van der Waals surface area contributed by atoms with Crippen LogP contribution >= 0.6 is 0 Å². The molecule has 0 aliphatic heterocycles. The Morgan fingerprint density at radius 1 is 0.903 bits per heavy atom. The number of carbonyl (C=O) groups is 1. The van der Waals surface area contributed by atoms with Crippen LogP contribution in [0.4, 0.5) is 10.2 Å². The van der Waals surface area contributed by atoms with Crippen molar-refractivity contribution in [2.24, 2.45) is 0 Å². The zero-order chi connectivity index (χ0) is 21.5. The van der Waals surface area contributed by atoms with Crippen molar-refractivity contribution in [3.8, 4) is 0 Å². The largest absolute Gasteiger partial charge is 0.369 e. The van der Waals surface area contributed by atoms with E-state index in [9.17, 15) is 9.18 Å². The molecule has 0 spiro atoms. The Morgan fingerprint density at radius 2 is 1.71 bits per heavy atom. The lowest BCUT2D eigenvalue weighted by atomic mass is 10.1. The van der Waals surface area contributed by atoms with Crippen molar-refractivity contribution in [3.63, 3.8) is 0 Å². The first-order valence-corrected chi connectivity index (χ1v) is 10.2. The van der Waals surface area contributed by atoms with Gasteiger partial charge in [-0.15, -0.1) is 15.3 Å². The fourth-order valence-electron chi connectivity index (χ4n) is 3.23. The number of amides is 1. The van der Waals surface area contributed by atoms with Crippen LogP contribution in [0.2, 0.25) is 0 Å². The van der Waals surface area contributed by atoms with Crippen LogP contribution in [0.15, 0.2) is 66.7 Å². The molecule has 0 fully saturated rings. The number of nitrogens with zero attached hydrogens (tertiary/aromatic N) is 4. The number of aryl methyl sites for hydroxylation is 1. The van der Waals surface area contributed by atoms with Crippen LogP contribution < -0.4 is 10.6 Å². The Bertz CT molecular complexity index is 1140. The maximum atomic E-state index is 13.0. The third-order valence-electron chi connectivity index (χ3n) is 4.86. The first-order chi connectivity index (χ1) is 15.2. The molecule has 0 radical (unpaired) electrons. The second kappa shape index (κ2) is 9.80. The van der Waals surface area contributed by atoms with Crippen LogP contribution in [-0.4, -0.2) is 38.8 Å². The summed E-state index contributed by atoms with van der Waals surface area (Å²) in [6.07, 6.45) is 2.47. The SMILES string of the molecule is O=C(NCCc1nnc2ccc(NCCCc3ccccc3)nn12)c1ccc(F)cc1. The molecular formula is C23H23FN6O. The minimum absolute atomic E-state index is 0.262. The zero-order valence-corrected chi connectivity index (χ0v) is 17.0. The van der Waals surface area contributed by atoms with Gasteiger partial charge in [-0.25, -0.2) is 4.39 Å². The molecule has 2 aromatic heterocycles. The Morgan fingerprint density at radius 3 is 2.52 bits per heavy atom. The summed E-state index contributed by atoms with van der Waals surface area (Å²) < 4.78 is 14.7. The van der Waals surface area contributed by atoms with Gasteiger partial charge in [-0.2, -0.15) is 4.52 Å². The molecule has 2 heterocycles. The fraction of sp³-hybridized carbons (Fsp3) is 0.217. The number of hydrogen-bond donors (Lipinski definition) is 2. The molecule has 1 amide bonds. The first kappa shape index (κ1) is 20.5. The molecule has 31 heavy (non-hydrogen) atoms. The van der Waals surface area contributed by atoms with E-state index in [1.165, 1.54) is 29.8 Å². The molecule has 0 aliphatic carbocycles. The van der Waals surface area contributed by atoms with Gasteiger partial charge >= 0.3 is 0 Å². The van der Waals surface area contributed by atoms with E-state index in [2.05, 4.69) is 38.1 Å². The van der Waals surface area contributed by atoms with Gasteiger partial charge in [0.2, 0.25) is 0 Å². The number of fused-ring (bicyclic) bond motifs is 1. The molecule has 158 valence electrons. The Balaban J connectivity index is 1.30. The summed E-state index contributed by atoms with van der Waals surface area (Å²) in [4.78, 5) is 12.1. The van der Waals surface area contributed by atoms with Crippen LogP contribution in [0.25, 0.3) is 5.65 Å². The van der Waals surface area contributed by atoms with Crippen LogP contribution in [0.1, 0.15) is 28.2 Å². The highest BCUT2D eigenvalue weighted by Crippen LogP contribution is 2.09. The Kier molecular flexibility index (Phi) is 6.47. The maximum absolute atomic E-state index is 13.0. The predicted octanol–water partition coefficient (Wildman–Crippen LogP) is 3.28. The zero-order valence-electron chi connectivity index (χ0n) is 17.0. The molecule has 8 heteroatoms. The normalized spacial score (nSPS) is 10.9. The second-order valence-electron chi connectivity index (χ2n) is 7.13. The number of carbonyl (C=O) groups excluding carboxylic acids is 1. The second-order valence-corrected chi connectivity index (χ2v) is 7.13. The van der Waals surface area contributed by atoms with Gasteiger partial charge in [0.15, 0.2) is 11.5 Å². The van der Waals surface area contributed by atoms with Gasteiger partial charge in [-0.3, -0.25) is 4.79 Å². The standard InChI is InChI=1S/C23H23FN6O/c24-19-10-8-18(9-11-19)23(31)26-16-14-22-28-27-21-13-12-20(29-30(21)22)25-15-4-7-17-5-2-1-3-6-17/h1-3,5-6,8-13H,4,7,14-16H2,(H,25,29)(H,26,31). The van der Waals surface area contributed by atoms with E-state index in [-0.39, 0.29) is 11.7 Å². The summed E-state index contributed by atoms with van der Waals surface area (Å²) in [5, 5.41) is 19.0. The molecular weight excluding hydrogens is 395 g/mol. The van der Waals surface area contributed by atoms with Gasteiger partial charge in [-0.1, -0.05) is 30.3 Å². The molecule has 7 nitrogen and oxygen atoms in total. The minimum Gasteiger partial charge on any atom is -0.369 e. The number of aromatic nitrogens is 4. The highest BCUT2D eigenvalue weighted by Gasteiger charge is 2.10. The smallest absolute Gasteiger partial charge is 0.251 e. The summed E-state index contributed by atoms with van der Waals surface area (Å²) in [5.74, 6) is 0.767. The van der Waals surface area contributed by atoms with Crippen LogP contribution in [0.3, 0.4) is 0 Å². The van der Waals surface area contributed by atoms with Crippen molar-refractivity contribution >= 4 is 17.4 Å². The van der Waals surface area contributed by atoms with E-state index in [1.54, 1.807) is 4.52 Å². The predicted molar refractivity (Wildman–Crippen MR) is 116 cm³/mol. The van der Waals surface area contributed by atoms with E-state index in [0.717, 1.165) is 25.2 Å². The Hall–Kier alpha value is -3.81. The van der Waals surface area contributed by atoms with Gasteiger partial charge in [0.25, 0.3) is 5.91 Å².